The van der Waals surface area contributed by atoms with Crippen LogP contribution in [0.25, 0.3) is 0 Å². The number of hydrogen-bond donors (Lipinski definition) is 1. The number of nitrogens with one attached hydrogen (secondary N) is 1. The predicted molar refractivity (Wildman–Crippen MR) is 106 cm³/mol. The van der Waals surface area contributed by atoms with Gasteiger partial charge in [0.25, 0.3) is 5.91 Å². The number of nitrogens with zero attached hydrogens (tertiary/aromatic N) is 1. The Balaban J connectivity index is 1.29. The monoisotopic (exact) mass is 440 g/mol. The molecule has 1 aromatic carbocycles. The average molecular weight is 441 g/mol. The third-order valence-corrected chi connectivity index (χ3v) is 8.27. The first-order valence-electron chi connectivity index (χ1n) is 10.7. The Morgan fingerprint density at radius 1 is 1.13 bits per heavy atom. The number of benzene rings is 1. The number of carbonyl (C=O) groups is 1. The molecule has 1 aromatic rings. The number of ether oxygens (including phenoxy) is 1. The van der Waals surface area contributed by atoms with E-state index in [2.05, 4.69) is 0 Å². The molecular formula is C21H26F2N2O4S. The molecule has 1 aliphatic heterocycles. The molecule has 9 heteroatoms. The van der Waals surface area contributed by atoms with Gasteiger partial charge in [0.05, 0.1) is 12.2 Å². The topological polar surface area (TPSA) is 75.7 Å². The van der Waals surface area contributed by atoms with E-state index in [0.717, 1.165) is 41.0 Å². The van der Waals surface area contributed by atoms with Gasteiger partial charge in [-0.1, -0.05) is 0 Å². The SMILES string of the molecule is O=C(NS(=O)(=O)N1CC(F)C1)c1cc(C2CC2)c(OCC2CC[C@H]3C[C@H]3C2)cc1F. The van der Waals surface area contributed by atoms with Crippen LogP contribution in [0, 0.1) is 23.6 Å². The lowest BCUT2D eigenvalue weighted by Gasteiger charge is -2.32. The van der Waals surface area contributed by atoms with E-state index < -0.39 is 28.1 Å². The van der Waals surface area contributed by atoms with Crippen molar-refractivity contribution in [2.24, 2.45) is 17.8 Å². The number of carbonyl (C=O) groups excluding carboxylic acids is 1. The van der Waals surface area contributed by atoms with Crippen LogP contribution in [0.4, 0.5) is 8.78 Å². The highest BCUT2D eigenvalue weighted by Crippen LogP contribution is 2.51. The first-order valence-corrected chi connectivity index (χ1v) is 12.2. The van der Waals surface area contributed by atoms with Gasteiger partial charge in [0.15, 0.2) is 0 Å². The van der Waals surface area contributed by atoms with Crippen LogP contribution in [-0.4, -0.2) is 44.5 Å². The molecule has 5 rings (SSSR count). The van der Waals surface area contributed by atoms with Crippen LogP contribution in [0.2, 0.25) is 0 Å². The van der Waals surface area contributed by atoms with Crippen molar-refractivity contribution < 1.29 is 26.7 Å². The van der Waals surface area contributed by atoms with Crippen LogP contribution in [0.1, 0.15) is 60.4 Å². The molecule has 164 valence electrons. The summed E-state index contributed by atoms with van der Waals surface area (Å²) < 4.78 is 60.6. The maximum atomic E-state index is 14.7. The molecule has 3 saturated carbocycles. The highest BCUT2D eigenvalue weighted by molar-refractivity contribution is 7.87. The summed E-state index contributed by atoms with van der Waals surface area (Å²) in [5.41, 5.74) is 0.426. The summed E-state index contributed by atoms with van der Waals surface area (Å²) in [6.45, 7) is -0.0520. The van der Waals surface area contributed by atoms with E-state index in [1.165, 1.54) is 31.4 Å². The van der Waals surface area contributed by atoms with Crippen LogP contribution >= 0.6 is 0 Å². The second-order valence-electron chi connectivity index (χ2n) is 9.24. The largest absolute Gasteiger partial charge is 0.493 e. The van der Waals surface area contributed by atoms with E-state index in [1.807, 2.05) is 4.72 Å². The first kappa shape index (κ1) is 20.2. The zero-order chi connectivity index (χ0) is 21.0. The molecule has 30 heavy (non-hydrogen) atoms. The molecule has 1 saturated heterocycles. The van der Waals surface area contributed by atoms with Gasteiger partial charge in [-0.15, -0.1) is 0 Å². The second kappa shape index (κ2) is 7.44. The lowest BCUT2D eigenvalue weighted by atomic mass is 9.90. The van der Waals surface area contributed by atoms with Gasteiger partial charge >= 0.3 is 10.2 Å². The minimum atomic E-state index is -4.18. The van der Waals surface area contributed by atoms with Gasteiger partial charge < -0.3 is 4.74 Å². The zero-order valence-corrected chi connectivity index (χ0v) is 17.5. The summed E-state index contributed by atoms with van der Waals surface area (Å²) in [6, 6.07) is 2.62. The van der Waals surface area contributed by atoms with Crippen molar-refractivity contribution in [1.82, 2.24) is 9.03 Å². The van der Waals surface area contributed by atoms with E-state index in [-0.39, 0.29) is 24.6 Å². The van der Waals surface area contributed by atoms with Crippen molar-refractivity contribution in [1.29, 1.82) is 0 Å². The van der Waals surface area contributed by atoms with Gasteiger partial charge in [0.1, 0.15) is 17.7 Å². The minimum Gasteiger partial charge on any atom is -0.493 e. The van der Waals surface area contributed by atoms with Gasteiger partial charge in [0.2, 0.25) is 0 Å². The van der Waals surface area contributed by atoms with E-state index in [9.17, 15) is 22.0 Å². The van der Waals surface area contributed by atoms with E-state index in [0.29, 0.717) is 18.3 Å². The molecule has 0 spiro atoms. The Kier molecular flexibility index (Phi) is 5.01. The maximum Gasteiger partial charge on any atom is 0.304 e. The smallest absolute Gasteiger partial charge is 0.304 e. The summed E-state index contributed by atoms with van der Waals surface area (Å²) >= 11 is 0. The lowest BCUT2D eigenvalue weighted by molar-refractivity contribution is 0.0964. The van der Waals surface area contributed by atoms with Crippen molar-refractivity contribution in [2.45, 2.75) is 50.6 Å². The van der Waals surface area contributed by atoms with Crippen molar-refractivity contribution in [2.75, 3.05) is 19.7 Å². The lowest BCUT2D eigenvalue weighted by Crippen LogP contribution is -2.56. The molecule has 1 N–H and O–H groups in total. The minimum absolute atomic E-state index is 0.200. The number of fused-ring (bicyclic) bond motifs is 1. The summed E-state index contributed by atoms with van der Waals surface area (Å²) in [5, 5.41) is 0. The Morgan fingerprint density at radius 2 is 1.90 bits per heavy atom. The normalized spacial score (nSPS) is 29.1. The zero-order valence-electron chi connectivity index (χ0n) is 16.6. The van der Waals surface area contributed by atoms with E-state index in [1.54, 1.807) is 0 Å². The summed E-state index contributed by atoms with van der Waals surface area (Å²) in [5.74, 6) is 1.00. The molecule has 0 aromatic heterocycles. The summed E-state index contributed by atoms with van der Waals surface area (Å²) in [7, 11) is -4.18. The Hall–Kier alpha value is -1.74. The Bertz CT molecular complexity index is 960. The molecule has 0 bridgehead atoms. The number of halogens is 2. The van der Waals surface area contributed by atoms with Crippen molar-refractivity contribution in [3.05, 3.63) is 29.1 Å². The quantitative estimate of drug-likeness (QED) is 0.707. The van der Waals surface area contributed by atoms with Crippen LogP contribution in [0.15, 0.2) is 12.1 Å². The van der Waals surface area contributed by atoms with E-state index >= 15 is 0 Å². The molecule has 1 amide bonds. The van der Waals surface area contributed by atoms with Gasteiger partial charge in [-0.25, -0.2) is 13.5 Å². The highest BCUT2D eigenvalue weighted by atomic mass is 32.2. The van der Waals surface area contributed by atoms with Crippen molar-refractivity contribution in [3.63, 3.8) is 0 Å². The molecule has 1 heterocycles. The van der Waals surface area contributed by atoms with Gasteiger partial charge in [0, 0.05) is 19.2 Å². The highest BCUT2D eigenvalue weighted by Gasteiger charge is 2.42. The predicted octanol–water partition coefficient (Wildman–Crippen LogP) is 3.15. The molecular weight excluding hydrogens is 414 g/mol. The standard InChI is InChI=1S/C21H26F2N2O4S/c22-16-9-25(10-16)30(27,28)24-21(26)18-7-17(13-3-4-13)20(8-19(18)23)29-11-12-1-2-14-6-15(14)5-12/h7-8,12-16H,1-6,9-11H2,(H,24,26)/t12?,14-,15+/m0/s1. The second-order valence-corrected chi connectivity index (χ2v) is 10.9. The first-order chi connectivity index (χ1) is 14.3. The van der Waals surface area contributed by atoms with Crippen LogP contribution in [-0.2, 0) is 10.2 Å². The maximum absolute atomic E-state index is 14.7. The van der Waals surface area contributed by atoms with E-state index in [4.69, 9.17) is 4.74 Å². The fraction of sp³-hybridized carbons (Fsp3) is 0.667. The van der Waals surface area contributed by atoms with Crippen LogP contribution in [0.5, 0.6) is 5.75 Å². The average Bonchev–Trinajstić information content (AvgIpc) is 3.57. The molecule has 0 radical (unpaired) electrons. The molecule has 3 aliphatic carbocycles. The number of amides is 1. The Morgan fingerprint density at radius 3 is 2.57 bits per heavy atom. The summed E-state index contributed by atoms with van der Waals surface area (Å²) in [6.07, 6.45) is 5.50. The number of rotatable bonds is 7. The fourth-order valence-electron chi connectivity index (χ4n) is 4.71. The third-order valence-electron chi connectivity index (χ3n) is 6.85. The van der Waals surface area contributed by atoms with Gasteiger partial charge in [-0.3, -0.25) is 4.79 Å². The third kappa shape index (κ3) is 4.06. The summed E-state index contributed by atoms with van der Waals surface area (Å²) in [4.78, 5) is 12.5. The molecule has 4 aliphatic rings. The van der Waals surface area contributed by atoms with Gasteiger partial charge in [-0.05, 0) is 73.8 Å². The fourth-order valence-corrected chi connectivity index (χ4v) is 5.90. The van der Waals surface area contributed by atoms with Crippen LogP contribution in [0.3, 0.4) is 0 Å². The number of alkyl halides is 1. The molecule has 3 atom stereocenters. The number of hydrogen-bond acceptors (Lipinski definition) is 4. The molecule has 6 nitrogen and oxygen atoms in total. The van der Waals surface area contributed by atoms with Crippen molar-refractivity contribution >= 4 is 16.1 Å². The molecule has 4 fully saturated rings. The van der Waals surface area contributed by atoms with Crippen molar-refractivity contribution in [3.8, 4) is 5.75 Å². The van der Waals surface area contributed by atoms with Crippen LogP contribution < -0.4 is 9.46 Å². The molecule has 1 unspecified atom stereocenters. The van der Waals surface area contributed by atoms with Gasteiger partial charge in [-0.2, -0.15) is 12.7 Å². The Labute approximate surface area is 175 Å².